The Morgan fingerprint density at radius 2 is 1.84 bits per heavy atom. The number of aromatic hydroxyl groups is 1. The van der Waals surface area contributed by atoms with Gasteiger partial charge in [-0.2, -0.15) is 5.10 Å². The topological polar surface area (TPSA) is 90.1 Å². The maximum absolute atomic E-state index is 11.4. The number of carbonyl (C=O) groups is 1. The van der Waals surface area contributed by atoms with Gasteiger partial charge in [-0.3, -0.25) is 9.99 Å². The lowest BCUT2D eigenvalue weighted by Gasteiger charge is -2.31. The van der Waals surface area contributed by atoms with Gasteiger partial charge >= 0.3 is 5.97 Å². The normalized spacial score (nSPS) is 13.5. The molecule has 0 unspecified atom stereocenters. The number of anilines is 1. The molecular formula is C29H28N4O3S. The maximum Gasteiger partial charge on any atom is 0.335 e. The van der Waals surface area contributed by atoms with Crippen LogP contribution in [0.4, 0.5) is 5.69 Å². The van der Waals surface area contributed by atoms with Gasteiger partial charge in [-0.1, -0.05) is 24.3 Å². The molecule has 5 rings (SSSR count). The molecule has 2 heterocycles. The number of nitrogens with one attached hydrogen (secondary N) is 1. The van der Waals surface area contributed by atoms with Gasteiger partial charge < -0.3 is 15.1 Å². The van der Waals surface area contributed by atoms with Crippen LogP contribution < -0.4 is 10.3 Å². The molecule has 3 N–H and O–H groups in total. The lowest BCUT2D eigenvalue weighted by atomic mass is 9.99. The maximum atomic E-state index is 11.4. The molecule has 1 aliphatic rings. The van der Waals surface area contributed by atoms with Gasteiger partial charge in [-0.15, -0.1) is 0 Å². The minimum atomic E-state index is -0.944. The van der Waals surface area contributed by atoms with Gasteiger partial charge in [0.2, 0.25) is 5.88 Å². The first-order valence-corrected chi connectivity index (χ1v) is 12.6. The van der Waals surface area contributed by atoms with Gasteiger partial charge in [0.05, 0.1) is 22.4 Å². The molecule has 0 aliphatic carbocycles. The van der Waals surface area contributed by atoms with E-state index in [1.165, 1.54) is 5.56 Å². The van der Waals surface area contributed by atoms with Crippen LogP contribution in [0.25, 0.3) is 16.6 Å². The Morgan fingerprint density at radius 3 is 2.59 bits per heavy atom. The quantitative estimate of drug-likeness (QED) is 0.185. The van der Waals surface area contributed by atoms with E-state index in [1.54, 1.807) is 18.2 Å². The number of aromatic carboxylic acids is 1. The number of hydrogen-bond donors (Lipinski definition) is 3. The summed E-state index contributed by atoms with van der Waals surface area (Å²) in [7, 11) is 0. The van der Waals surface area contributed by atoms with Crippen LogP contribution in [-0.4, -0.2) is 38.1 Å². The fourth-order valence-corrected chi connectivity index (χ4v) is 5.13. The van der Waals surface area contributed by atoms with Crippen molar-refractivity contribution in [3.05, 3.63) is 88.5 Å². The van der Waals surface area contributed by atoms with Crippen molar-refractivity contribution in [3.63, 3.8) is 0 Å². The molecule has 0 amide bonds. The summed E-state index contributed by atoms with van der Waals surface area (Å²) in [5.74, 6) is -0.830. The lowest BCUT2D eigenvalue weighted by Crippen LogP contribution is -2.41. The van der Waals surface area contributed by atoms with E-state index in [1.807, 2.05) is 46.7 Å². The van der Waals surface area contributed by atoms with Crippen molar-refractivity contribution in [2.45, 2.75) is 33.6 Å². The Kier molecular flexibility index (Phi) is 6.43. The molecule has 4 aromatic rings. The van der Waals surface area contributed by atoms with E-state index in [-0.39, 0.29) is 11.4 Å². The van der Waals surface area contributed by atoms with E-state index in [4.69, 9.17) is 12.2 Å². The zero-order chi connectivity index (χ0) is 26.3. The average molecular weight is 513 g/mol. The van der Waals surface area contributed by atoms with E-state index < -0.39 is 5.97 Å². The van der Waals surface area contributed by atoms with Crippen molar-refractivity contribution >= 4 is 45.6 Å². The highest BCUT2D eigenvalue weighted by atomic mass is 32.1. The number of aryl methyl sites for hydroxylation is 3. The highest BCUT2D eigenvalue weighted by Gasteiger charge is 2.23. The van der Waals surface area contributed by atoms with E-state index >= 15 is 0 Å². The number of aromatic nitrogens is 1. The Hall–Kier alpha value is -4.17. The predicted molar refractivity (Wildman–Crippen MR) is 151 cm³/mol. The summed E-state index contributed by atoms with van der Waals surface area (Å²) in [5.41, 5.74) is 10.4. The van der Waals surface area contributed by atoms with E-state index in [9.17, 15) is 15.0 Å². The van der Waals surface area contributed by atoms with Crippen LogP contribution in [-0.2, 0) is 6.42 Å². The van der Waals surface area contributed by atoms with Gasteiger partial charge in [0, 0.05) is 23.3 Å². The zero-order valence-electron chi connectivity index (χ0n) is 20.9. The Bertz CT molecular complexity index is 1590. The van der Waals surface area contributed by atoms with Crippen molar-refractivity contribution in [3.8, 4) is 11.6 Å². The summed E-state index contributed by atoms with van der Waals surface area (Å²) < 4.78 is 1.84. The molecule has 0 saturated carbocycles. The van der Waals surface area contributed by atoms with Crippen molar-refractivity contribution < 1.29 is 15.0 Å². The van der Waals surface area contributed by atoms with E-state index in [2.05, 4.69) is 36.5 Å². The molecule has 0 spiro atoms. The highest BCUT2D eigenvalue weighted by molar-refractivity contribution is 7.80. The van der Waals surface area contributed by atoms with Crippen LogP contribution in [0.2, 0.25) is 0 Å². The molecule has 8 heteroatoms. The van der Waals surface area contributed by atoms with Crippen molar-refractivity contribution in [1.82, 2.24) is 9.99 Å². The second kappa shape index (κ2) is 9.71. The van der Waals surface area contributed by atoms with Gasteiger partial charge in [0.1, 0.15) is 0 Å². The third-order valence-corrected chi connectivity index (χ3v) is 7.28. The summed E-state index contributed by atoms with van der Waals surface area (Å²) in [5, 5.41) is 26.6. The number of benzene rings is 3. The van der Waals surface area contributed by atoms with Crippen LogP contribution in [0.3, 0.4) is 0 Å². The minimum absolute atomic E-state index is 0.114. The molecule has 0 fully saturated rings. The highest BCUT2D eigenvalue weighted by Crippen LogP contribution is 2.35. The van der Waals surface area contributed by atoms with Crippen molar-refractivity contribution in [2.75, 3.05) is 11.4 Å². The summed E-state index contributed by atoms with van der Waals surface area (Å²) in [4.78, 5) is 13.3. The van der Waals surface area contributed by atoms with Crippen LogP contribution in [0.15, 0.2) is 65.8 Å². The largest absolute Gasteiger partial charge is 0.494 e. The first-order chi connectivity index (χ1) is 17.8. The number of carboxylic acids is 1. The Balaban J connectivity index is 1.47. The minimum Gasteiger partial charge on any atom is -0.494 e. The number of carboxylic acid groups (broad SMARTS) is 1. The predicted octanol–water partition coefficient (Wildman–Crippen LogP) is 5.70. The molecular weight excluding hydrogens is 484 g/mol. The van der Waals surface area contributed by atoms with Gasteiger partial charge in [-0.05, 0) is 98.9 Å². The van der Waals surface area contributed by atoms with Gasteiger partial charge in [0.15, 0.2) is 5.11 Å². The van der Waals surface area contributed by atoms with Crippen LogP contribution >= 0.6 is 12.2 Å². The lowest BCUT2D eigenvalue weighted by molar-refractivity contribution is 0.0696. The number of nitrogens with zero attached hydrogens (tertiary/aromatic N) is 3. The molecule has 0 saturated heterocycles. The van der Waals surface area contributed by atoms with Gasteiger partial charge in [-0.25, -0.2) is 4.79 Å². The number of hydrogen-bond acceptors (Lipinski definition) is 4. The van der Waals surface area contributed by atoms with Crippen molar-refractivity contribution in [2.24, 2.45) is 5.10 Å². The standard InChI is InChI=1S/C29H28N4O3S/c1-17-10-12-22(15-18(17)2)33-25-9-5-4-8-23(25)26(27(33)34)19(3)30-31-29(37)32-14-6-7-20-16-21(28(35)36)11-13-24(20)32/h4-5,8-13,15-16,34H,6-7,14H2,1-3H3,(H,31,37)(H,35,36). The molecule has 188 valence electrons. The van der Waals surface area contributed by atoms with Crippen LogP contribution in [0, 0.1) is 13.8 Å². The fourth-order valence-electron chi connectivity index (χ4n) is 4.90. The number of thiocarbonyl (C=S) groups is 1. The van der Waals surface area contributed by atoms with E-state index in [0.717, 1.165) is 46.2 Å². The zero-order valence-corrected chi connectivity index (χ0v) is 21.8. The van der Waals surface area contributed by atoms with E-state index in [0.29, 0.717) is 22.9 Å². The molecule has 1 aliphatic heterocycles. The second-order valence-electron chi connectivity index (χ2n) is 9.34. The number of para-hydroxylation sites is 1. The fraction of sp³-hybridized carbons (Fsp3) is 0.207. The Morgan fingerprint density at radius 1 is 1.05 bits per heavy atom. The molecule has 0 atom stereocenters. The molecule has 3 aromatic carbocycles. The number of hydrazone groups is 1. The third kappa shape index (κ3) is 4.44. The number of fused-ring (bicyclic) bond motifs is 2. The number of rotatable bonds is 4. The second-order valence-corrected chi connectivity index (χ2v) is 9.72. The van der Waals surface area contributed by atoms with Crippen LogP contribution in [0.5, 0.6) is 5.88 Å². The SMILES string of the molecule is CC(=NNC(=S)N1CCCc2cc(C(=O)O)ccc21)c1c(O)n(-c2ccc(C)c(C)c2)c2ccccc12. The first kappa shape index (κ1) is 24.5. The summed E-state index contributed by atoms with van der Waals surface area (Å²) in [6.45, 7) is 6.67. The monoisotopic (exact) mass is 512 g/mol. The summed E-state index contributed by atoms with van der Waals surface area (Å²) in [6, 6.07) is 19.1. The molecule has 37 heavy (non-hydrogen) atoms. The van der Waals surface area contributed by atoms with Crippen molar-refractivity contribution in [1.29, 1.82) is 0 Å². The molecule has 0 radical (unpaired) electrons. The Labute approximate surface area is 220 Å². The summed E-state index contributed by atoms with van der Waals surface area (Å²) >= 11 is 5.66. The first-order valence-electron chi connectivity index (χ1n) is 12.1. The molecule has 7 nitrogen and oxygen atoms in total. The smallest absolute Gasteiger partial charge is 0.335 e. The van der Waals surface area contributed by atoms with Crippen LogP contribution in [0.1, 0.15) is 46.0 Å². The van der Waals surface area contributed by atoms with Gasteiger partial charge in [0.25, 0.3) is 0 Å². The average Bonchev–Trinajstić information content (AvgIpc) is 3.19. The molecule has 0 bridgehead atoms. The molecule has 1 aromatic heterocycles. The summed E-state index contributed by atoms with van der Waals surface area (Å²) in [6.07, 6.45) is 1.65. The third-order valence-electron chi connectivity index (χ3n) is 6.97.